The van der Waals surface area contributed by atoms with Crippen LogP contribution in [-0.2, 0) is 21.8 Å². The number of carbonyl (C=O) groups excluding carboxylic acids is 1. The summed E-state index contributed by atoms with van der Waals surface area (Å²) < 4.78 is 33.7. The van der Waals surface area contributed by atoms with Crippen molar-refractivity contribution in [1.29, 1.82) is 0 Å². The number of ether oxygens (including phenoxy) is 1. The van der Waals surface area contributed by atoms with Crippen molar-refractivity contribution in [3.8, 4) is 0 Å². The fourth-order valence-electron chi connectivity index (χ4n) is 2.07. The van der Waals surface area contributed by atoms with E-state index in [1.54, 1.807) is 14.0 Å². The van der Waals surface area contributed by atoms with E-state index in [4.69, 9.17) is 16.3 Å². The van der Waals surface area contributed by atoms with Gasteiger partial charge < -0.3 is 4.74 Å². The molecule has 0 aliphatic carbocycles. The molecule has 0 aliphatic rings. The van der Waals surface area contributed by atoms with E-state index in [0.717, 1.165) is 6.42 Å². The summed E-state index contributed by atoms with van der Waals surface area (Å²) in [6.07, 6.45) is 0.731. The summed E-state index contributed by atoms with van der Waals surface area (Å²) in [6, 6.07) is 5.96. The summed E-state index contributed by atoms with van der Waals surface area (Å²) in [5, 5.41) is 4.02. The second kappa shape index (κ2) is 7.23. The Labute approximate surface area is 145 Å². The SMILES string of the molecule is CCCOC(=O)c1ccc(NS(=O)(=O)c2c(C)nn(C)c2Cl)cc1. The van der Waals surface area contributed by atoms with Crippen molar-refractivity contribution in [1.82, 2.24) is 9.78 Å². The predicted molar refractivity (Wildman–Crippen MR) is 90.8 cm³/mol. The van der Waals surface area contributed by atoms with Crippen LogP contribution in [-0.4, -0.2) is 30.8 Å². The average Bonchev–Trinajstić information content (AvgIpc) is 2.78. The molecule has 0 spiro atoms. The molecule has 0 atom stereocenters. The zero-order chi connectivity index (χ0) is 17.9. The second-order valence-electron chi connectivity index (χ2n) is 5.15. The van der Waals surface area contributed by atoms with Crippen molar-refractivity contribution in [3.05, 3.63) is 40.7 Å². The summed E-state index contributed by atoms with van der Waals surface area (Å²) in [6.45, 7) is 3.80. The van der Waals surface area contributed by atoms with Gasteiger partial charge in [-0.15, -0.1) is 0 Å². The number of benzene rings is 1. The van der Waals surface area contributed by atoms with Crippen LogP contribution in [0.4, 0.5) is 5.69 Å². The number of esters is 1. The number of nitrogens with one attached hydrogen (secondary N) is 1. The fraction of sp³-hybridized carbons (Fsp3) is 0.333. The molecule has 2 aromatic rings. The van der Waals surface area contributed by atoms with Gasteiger partial charge in [-0.05, 0) is 37.6 Å². The van der Waals surface area contributed by atoms with Crippen molar-refractivity contribution in [2.24, 2.45) is 7.05 Å². The normalized spacial score (nSPS) is 11.3. The molecule has 1 heterocycles. The molecule has 1 aromatic heterocycles. The summed E-state index contributed by atoms with van der Waals surface area (Å²) in [5.74, 6) is -0.447. The summed E-state index contributed by atoms with van der Waals surface area (Å²) in [5.41, 5.74) is 0.957. The minimum atomic E-state index is -3.88. The van der Waals surface area contributed by atoms with Gasteiger partial charge in [-0.25, -0.2) is 13.2 Å². The van der Waals surface area contributed by atoms with Crippen molar-refractivity contribution >= 4 is 33.3 Å². The fourth-order valence-corrected chi connectivity index (χ4v) is 3.89. The van der Waals surface area contributed by atoms with Crippen LogP contribution < -0.4 is 4.72 Å². The lowest BCUT2D eigenvalue weighted by Crippen LogP contribution is -2.14. The van der Waals surface area contributed by atoms with Gasteiger partial charge in [-0.1, -0.05) is 18.5 Å². The molecule has 7 nitrogen and oxygen atoms in total. The minimum Gasteiger partial charge on any atom is -0.462 e. The third kappa shape index (κ3) is 3.88. The highest BCUT2D eigenvalue weighted by atomic mass is 35.5. The Morgan fingerprint density at radius 2 is 1.96 bits per heavy atom. The average molecular weight is 372 g/mol. The van der Waals surface area contributed by atoms with Crippen LogP contribution in [0.25, 0.3) is 0 Å². The van der Waals surface area contributed by atoms with Crippen molar-refractivity contribution in [2.75, 3.05) is 11.3 Å². The van der Waals surface area contributed by atoms with E-state index in [0.29, 0.717) is 23.6 Å². The predicted octanol–water partition coefficient (Wildman–Crippen LogP) is 2.75. The van der Waals surface area contributed by atoms with E-state index < -0.39 is 16.0 Å². The van der Waals surface area contributed by atoms with E-state index in [9.17, 15) is 13.2 Å². The maximum Gasteiger partial charge on any atom is 0.338 e. The van der Waals surface area contributed by atoms with Gasteiger partial charge in [0.05, 0.1) is 17.9 Å². The highest BCUT2D eigenvalue weighted by Crippen LogP contribution is 2.26. The maximum atomic E-state index is 12.5. The van der Waals surface area contributed by atoms with E-state index >= 15 is 0 Å². The largest absolute Gasteiger partial charge is 0.462 e. The lowest BCUT2D eigenvalue weighted by molar-refractivity contribution is 0.0505. The Morgan fingerprint density at radius 1 is 1.33 bits per heavy atom. The molecular weight excluding hydrogens is 354 g/mol. The lowest BCUT2D eigenvalue weighted by Gasteiger charge is -2.09. The Balaban J connectivity index is 2.20. The first kappa shape index (κ1) is 18.3. The molecule has 0 unspecified atom stereocenters. The summed E-state index contributed by atoms with van der Waals surface area (Å²) in [7, 11) is -2.32. The molecule has 1 N–H and O–H groups in total. The molecule has 9 heteroatoms. The van der Waals surface area contributed by atoms with Crippen molar-refractivity contribution in [2.45, 2.75) is 25.2 Å². The van der Waals surface area contributed by atoms with Gasteiger partial charge in [0.2, 0.25) is 0 Å². The molecule has 0 aliphatic heterocycles. The highest BCUT2D eigenvalue weighted by molar-refractivity contribution is 7.92. The van der Waals surface area contributed by atoms with Gasteiger partial charge in [0.15, 0.2) is 0 Å². The van der Waals surface area contributed by atoms with Gasteiger partial charge in [-0.2, -0.15) is 5.10 Å². The third-order valence-electron chi connectivity index (χ3n) is 3.18. The smallest absolute Gasteiger partial charge is 0.338 e. The van der Waals surface area contributed by atoms with Crippen LogP contribution in [0, 0.1) is 6.92 Å². The molecule has 0 saturated carbocycles. The third-order valence-corrected chi connectivity index (χ3v) is 5.26. The van der Waals surface area contributed by atoms with Crippen LogP contribution in [0.5, 0.6) is 0 Å². The van der Waals surface area contributed by atoms with Crippen molar-refractivity contribution < 1.29 is 17.9 Å². The Morgan fingerprint density at radius 3 is 2.46 bits per heavy atom. The molecule has 0 radical (unpaired) electrons. The number of halogens is 1. The van der Waals surface area contributed by atoms with E-state index in [1.165, 1.54) is 28.9 Å². The minimum absolute atomic E-state index is 0.0276. The van der Waals surface area contributed by atoms with Gasteiger partial charge in [0.1, 0.15) is 10.0 Å². The maximum absolute atomic E-state index is 12.5. The standard InChI is InChI=1S/C15H18ClN3O4S/c1-4-9-23-15(20)11-5-7-12(8-6-11)18-24(21,22)13-10(2)17-19(3)14(13)16/h5-8,18H,4,9H2,1-3H3. The number of rotatable bonds is 6. The summed E-state index contributed by atoms with van der Waals surface area (Å²) >= 11 is 6.00. The first-order valence-electron chi connectivity index (χ1n) is 7.25. The molecule has 0 saturated heterocycles. The first-order valence-corrected chi connectivity index (χ1v) is 9.11. The van der Waals surface area contributed by atoms with Crippen LogP contribution in [0.15, 0.2) is 29.2 Å². The number of anilines is 1. The monoisotopic (exact) mass is 371 g/mol. The zero-order valence-corrected chi connectivity index (χ0v) is 15.1. The molecule has 130 valence electrons. The molecule has 24 heavy (non-hydrogen) atoms. The van der Waals surface area contributed by atoms with Gasteiger partial charge in [0, 0.05) is 12.7 Å². The Kier molecular flexibility index (Phi) is 5.51. The zero-order valence-electron chi connectivity index (χ0n) is 13.5. The lowest BCUT2D eigenvalue weighted by atomic mass is 10.2. The first-order chi connectivity index (χ1) is 11.3. The highest BCUT2D eigenvalue weighted by Gasteiger charge is 2.25. The van der Waals surface area contributed by atoms with E-state index in [-0.39, 0.29) is 10.0 Å². The van der Waals surface area contributed by atoms with Gasteiger partial charge >= 0.3 is 5.97 Å². The number of hydrogen-bond acceptors (Lipinski definition) is 5. The molecule has 0 fully saturated rings. The Bertz CT molecular complexity index is 844. The van der Waals surface area contributed by atoms with Crippen LogP contribution >= 0.6 is 11.6 Å². The number of aromatic nitrogens is 2. The van der Waals surface area contributed by atoms with Crippen molar-refractivity contribution in [3.63, 3.8) is 0 Å². The van der Waals surface area contributed by atoms with Crippen LogP contribution in [0.1, 0.15) is 29.4 Å². The number of hydrogen-bond donors (Lipinski definition) is 1. The number of sulfonamides is 1. The van der Waals surface area contributed by atoms with Gasteiger partial charge in [0.25, 0.3) is 10.0 Å². The topological polar surface area (TPSA) is 90.3 Å². The molecule has 0 amide bonds. The Hall–Kier alpha value is -2.06. The second-order valence-corrected chi connectivity index (χ2v) is 7.12. The molecule has 0 bridgehead atoms. The number of nitrogens with zero attached hydrogens (tertiary/aromatic N) is 2. The van der Waals surface area contributed by atoms with E-state index in [2.05, 4.69) is 9.82 Å². The molecule has 2 rings (SSSR count). The molecular formula is C15H18ClN3O4S. The quantitative estimate of drug-likeness (QED) is 0.788. The number of carbonyl (C=O) groups is 1. The number of aryl methyl sites for hydroxylation is 2. The summed E-state index contributed by atoms with van der Waals surface area (Å²) in [4.78, 5) is 11.7. The van der Waals surface area contributed by atoms with Crippen LogP contribution in [0.2, 0.25) is 5.15 Å². The van der Waals surface area contributed by atoms with E-state index in [1.807, 2.05) is 6.92 Å². The van der Waals surface area contributed by atoms with Gasteiger partial charge in [-0.3, -0.25) is 9.40 Å². The van der Waals surface area contributed by atoms with Crippen LogP contribution in [0.3, 0.4) is 0 Å². The molecule has 1 aromatic carbocycles.